The van der Waals surface area contributed by atoms with Crippen LogP contribution in [0.25, 0.3) is 0 Å². The lowest BCUT2D eigenvalue weighted by atomic mass is 9.61. The second kappa shape index (κ2) is 7.70. The molecule has 1 heterocycles. The molecule has 0 amide bonds. The van der Waals surface area contributed by atoms with Gasteiger partial charge in [0.05, 0.1) is 0 Å². The summed E-state index contributed by atoms with van der Waals surface area (Å²) in [5, 5.41) is 10.1. The van der Waals surface area contributed by atoms with Gasteiger partial charge in [-0.15, -0.1) is 0 Å². The van der Waals surface area contributed by atoms with Crippen LogP contribution in [0.5, 0.6) is 5.75 Å². The lowest BCUT2D eigenvalue weighted by Crippen LogP contribution is -2.43. The van der Waals surface area contributed by atoms with Crippen LogP contribution in [0.2, 0.25) is 0 Å². The monoisotopic (exact) mass is 341 g/mol. The van der Waals surface area contributed by atoms with E-state index in [1.807, 2.05) is 6.07 Å². The van der Waals surface area contributed by atoms with E-state index in [0.29, 0.717) is 11.2 Å². The summed E-state index contributed by atoms with van der Waals surface area (Å²) in [4.78, 5) is 2.82. The average molecular weight is 342 g/mol. The number of phenolic OH excluding ortho intramolecular Hbond substituents is 1. The van der Waals surface area contributed by atoms with Crippen LogP contribution in [-0.4, -0.2) is 29.6 Å². The Morgan fingerprint density at radius 3 is 2.60 bits per heavy atom. The van der Waals surface area contributed by atoms with E-state index in [-0.39, 0.29) is 0 Å². The van der Waals surface area contributed by atoms with Crippen LogP contribution in [0.4, 0.5) is 0 Å². The Morgan fingerprint density at radius 2 is 1.76 bits per heavy atom. The van der Waals surface area contributed by atoms with Gasteiger partial charge in [-0.1, -0.05) is 44.2 Å². The molecule has 0 bridgehead atoms. The Hall–Kier alpha value is -1.02. The normalized spacial score (nSPS) is 32.1. The largest absolute Gasteiger partial charge is 0.508 e. The second-order valence-corrected chi connectivity index (χ2v) is 9.02. The summed E-state index contributed by atoms with van der Waals surface area (Å²) in [6.45, 7) is 3.91. The molecule has 1 aromatic carbocycles. The molecule has 0 aromatic heterocycles. The number of phenols is 1. The number of hydrogen-bond acceptors (Lipinski definition) is 2. The van der Waals surface area contributed by atoms with E-state index >= 15 is 0 Å². The zero-order chi connectivity index (χ0) is 17.1. The summed E-state index contributed by atoms with van der Waals surface area (Å²) in [7, 11) is 0. The molecule has 2 nitrogen and oxygen atoms in total. The van der Waals surface area contributed by atoms with Gasteiger partial charge in [-0.25, -0.2) is 0 Å². The third kappa shape index (κ3) is 3.74. The Balaban J connectivity index is 1.53. The summed E-state index contributed by atoms with van der Waals surface area (Å²) in [5.74, 6) is 2.17. The molecule has 4 rings (SSSR count). The van der Waals surface area contributed by atoms with Crippen LogP contribution >= 0.6 is 0 Å². The van der Waals surface area contributed by atoms with Crippen molar-refractivity contribution in [3.8, 4) is 5.75 Å². The summed E-state index contributed by atoms with van der Waals surface area (Å²) < 4.78 is 0. The third-order valence-corrected chi connectivity index (χ3v) is 7.44. The zero-order valence-electron chi connectivity index (χ0n) is 15.8. The highest BCUT2D eigenvalue weighted by atomic mass is 16.3. The highest BCUT2D eigenvalue weighted by molar-refractivity contribution is 5.34. The molecule has 138 valence electrons. The number of nitrogens with zero attached hydrogens (tertiary/aromatic N) is 1. The van der Waals surface area contributed by atoms with E-state index in [0.717, 1.165) is 11.8 Å². The molecule has 1 aromatic rings. The van der Waals surface area contributed by atoms with Crippen LogP contribution in [0.3, 0.4) is 0 Å². The number of aromatic hydroxyl groups is 1. The van der Waals surface area contributed by atoms with Crippen molar-refractivity contribution in [2.24, 2.45) is 11.8 Å². The summed E-state index contributed by atoms with van der Waals surface area (Å²) in [6.07, 6.45) is 15.3. The van der Waals surface area contributed by atoms with Crippen molar-refractivity contribution in [1.29, 1.82) is 0 Å². The molecule has 2 atom stereocenters. The van der Waals surface area contributed by atoms with Gasteiger partial charge in [-0.3, -0.25) is 0 Å². The quantitative estimate of drug-likeness (QED) is 0.785. The van der Waals surface area contributed by atoms with E-state index in [1.54, 1.807) is 0 Å². The van der Waals surface area contributed by atoms with E-state index in [2.05, 4.69) is 23.1 Å². The maximum absolute atomic E-state index is 10.1. The first-order chi connectivity index (χ1) is 12.3. The third-order valence-electron chi connectivity index (χ3n) is 7.44. The van der Waals surface area contributed by atoms with Crippen molar-refractivity contribution in [3.05, 3.63) is 29.8 Å². The molecule has 0 radical (unpaired) electrons. The van der Waals surface area contributed by atoms with Crippen molar-refractivity contribution in [3.63, 3.8) is 0 Å². The molecule has 3 fully saturated rings. The molecular weight excluding hydrogens is 306 g/mol. The van der Waals surface area contributed by atoms with Gasteiger partial charge in [0, 0.05) is 13.1 Å². The van der Waals surface area contributed by atoms with Gasteiger partial charge in [0.15, 0.2) is 0 Å². The minimum atomic E-state index is 0.318. The molecule has 25 heavy (non-hydrogen) atoms. The molecule has 2 heteroatoms. The fourth-order valence-electron chi connectivity index (χ4n) is 6.17. The molecular formula is C23H35NO. The Bertz CT molecular complexity index is 565. The Morgan fingerprint density at radius 1 is 0.960 bits per heavy atom. The average Bonchev–Trinajstić information content (AvgIpc) is 2.82. The van der Waals surface area contributed by atoms with Crippen LogP contribution in [0.1, 0.15) is 76.2 Å². The molecule has 2 aliphatic carbocycles. The summed E-state index contributed by atoms with van der Waals surface area (Å²) >= 11 is 0. The standard InChI is InChI=1S/C23H35NO/c25-22-12-6-11-20(16-22)23-13-5-4-10-21(23)18-24(15-7-14-23)17-19-8-2-1-3-9-19/h6,11-12,16,19,21,25H,1-5,7-10,13-15,17-18H2. The SMILES string of the molecule is Oc1cccc(C23CCCCC2CN(CC2CCCCC2)CCC3)c1. The first kappa shape index (κ1) is 17.4. The van der Waals surface area contributed by atoms with Gasteiger partial charge in [-0.2, -0.15) is 0 Å². The molecule has 0 spiro atoms. The van der Waals surface area contributed by atoms with E-state index in [1.165, 1.54) is 95.8 Å². The van der Waals surface area contributed by atoms with Crippen molar-refractivity contribution in [1.82, 2.24) is 4.90 Å². The first-order valence-corrected chi connectivity index (χ1v) is 10.8. The minimum Gasteiger partial charge on any atom is -0.508 e. The fraction of sp³-hybridized carbons (Fsp3) is 0.739. The van der Waals surface area contributed by atoms with Gasteiger partial charge >= 0.3 is 0 Å². The van der Waals surface area contributed by atoms with Gasteiger partial charge in [0.2, 0.25) is 0 Å². The van der Waals surface area contributed by atoms with Gasteiger partial charge in [0.1, 0.15) is 5.75 Å². The summed E-state index contributed by atoms with van der Waals surface area (Å²) in [6, 6.07) is 8.23. The first-order valence-electron chi connectivity index (χ1n) is 10.8. The van der Waals surface area contributed by atoms with Crippen LogP contribution < -0.4 is 0 Å². The highest BCUT2D eigenvalue weighted by Crippen LogP contribution is 2.49. The predicted molar refractivity (Wildman–Crippen MR) is 104 cm³/mol. The molecule has 1 aliphatic heterocycles. The highest BCUT2D eigenvalue weighted by Gasteiger charge is 2.44. The van der Waals surface area contributed by atoms with Crippen molar-refractivity contribution < 1.29 is 5.11 Å². The van der Waals surface area contributed by atoms with Crippen molar-refractivity contribution in [2.45, 2.75) is 76.0 Å². The molecule has 2 unspecified atom stereocenters. The van der Waals surface area contributed by atoms with Crippen molar-refractivity contribution >= 4 is 0 Å². The number of fused-ring (bicyclic) bond motifs is 1. The van der Waals surface area contributed by atoms with Crippen LogP contribution in [-0.2, 0) is 5.41 Å². The molecule has 2 saturated carbocycles. The smallest absolute Gasteiger partial charge is 0.115 e. The topological polar surface area (TPSA) is 23.5 Å². The predicted octanol–water partition coefficient (Wildman–Crippen LogP) is 5.50. The van der Waals surface area contributed by atoms with E-state index in [9.17, 15) is 5.11 Å². The van der Waals surface area contributed by atoms with Crippen LogP contribution in [0.15, 0.2) is 24.3 Å². The lowest BCUT2D eigenvalue weighted by molar-refractivity contribution is 0.130. The fourth-order valence-corrected chi connectivity index (χ4v) is 6.17. The maximum Gasteiger partial charge on any atom is 0.115 e. The number of benzene rings is 1. The Kier molecular flexibility index (Phi) is 5.36. The van der Waals surface area contributed by atoms with Gasteiger partial charge in [-0.05, 0) is 80.0 Å². The van der Waals surface area contributed by atoms with Gasteiger partial charge < -0.3 is 10.0 Å². The zero-order valence-corrected chi connectivity index (χ0v) is 15.8. The molecule has 3 aliphatic rings. The molecule has 1 N–H and O–H groups in total. The lowest BCUT2D eigenvalue weighted by Gasteiger charge is -2.45. The van der Waals surface area contributed by atoms with E-state index < -0.39 is 0 Å². The Labute approximate surface area is 153 Å². The van der Waals surface area contributed by atoms with Crippen molar-refractivity contribution in [2.75, 3.05) is 19.6 Å². The van der Waals surface area contributed by atoms with Crippen LogP contribution in [0, 0.1) is 11.8 Å². The maximum atomic E-state index is 10.1. The summed E-state index contributed by atoms with van der Waals surface area (Å²) in [5.41, 5.74) is 1.73. The van der Waals surface area contributed by atoms with Gasteiger partial charge in [0.25, 0.3) is 0 Å². The number of hydrogen-bond donors (Lipinski definition) is 1. The molecule has 1 saturated heterocycles. The van der Waals surface area contributed by atoms with E-state index in [4.69, 9.17) is 0 Å². The second-order valence-electron chi connectivity index (χ2n) is 9.02. The number of rotatable bonds is 3. The minimum absolute atomic E-state index is 0.318. The number of likely N-dealkylation sites (tertiary alicyclic amines) is 1.